The summed E-state index contributed by atoms with van der Waals surface area (Å²) in [5, 5.41) is 8.90. The topological polar surface area (TPSA) is 29.9 Å². The smallest absolute Gasteiger partial charge is 0.133 e. The van der Waals surface area contributed by atoms with E-state index < -0.39 is 0 Å². The number of nitrogens with zero attached hydrogens (tertiary/aromatic N) is 2. The Morgan fingerprint density at radius 1 is 1.17 bits per heavy atom. The predicted molar refractivity (Wildman–Crippen MR) is 90.9 cm³/mol. The second-order valence-corrected chi connectivity index (χ2v) is 6.14. The zero-order valence-corrected chi connectivity index (χ0v) is 13.4. The van der Waals surface area contributed by atoms with Crippen molar-refractivity contribution in [1.82, 2.24) is 9.78 Å². The van der Waals surface area contributed by atoms with Gasteiger partial charge < -0.3 is 5.32 Å². The Morgan fingerprint density at radius 3 is 2.70 bits per heavy atom. The van der Waals surface area contributed by atoms with E-state index in [1.54, 1.807) is 12.1 Å². The fourth-order valence-corrected chi connectivity index (χ4v) is 3.27. The van der Waals surface area contributed by atoms with Crippen molar-refractivity contribution in [2.75, 3.05) is 11.9 Å². The Kier molecular flexibility index (Phi) is 3.34. The van der Waals surface area contributed by atoms with Crippen LogP contribution in [0.3, 0.4) is 0 Å². The van der Waals surface area contributed by atoms with Crippen molar-refractivity contribution in [3.8, 4) is 16.9 Å². The van der Waals surface area contributed by atoms with Crippen LogP contribution in [-0.4, -0.2) is 16.3 Å². The molecule has 116 valence electrons. The van der Waals surface area contributed by atoms with Crippen LogP contribution >= 0.6 is 11.6 Å². The third kappa shape index (κ3) is 2.39. The second-order valence-electron chi connectivity index (χ2n) is 5.70. The number of nitrogens with one attached hydrogen (secondary N) is 1. The van der Waals surface area contributed by atoms with Gasteiger partial charge in [0.15, 0.2) is 0 Å². The lowest BCUT2D eigenvalue weighted by molar-refractivity contribution is 0.628. The van der Waals surface area contributed by atoms with Crippen molar-refractivity contribution < 1.29 is 4.39 Å². The predicted octanol–water partition coefficient (Wildman–Crippen LogP) is 4.61. The molecule has 1 aliphatic rings. The van der Waals surface area contributed by atoms with Crippen LogP contribution in [-0.2, 0) is 6.42 Å². The van der Waals surface area contributed by atoms with Crippen LogP contribution in [0, 0.1) is 12.7 Å². The van der Waals surface area contributed by atoms with Crippen molar-refractivity contribution in [2.45, 2.75) is 13.3 Å². The van der Waals surface area contributed by atoms with Crippen molar-refractivity contribution in [3.05, 3.63) is 64.4 Å². The monoisotopic (exact) mass is 327 g/mol. The molecule has 0 saturated carbocycles. The molecule has 0 spiro atoms. The highest BCUT2D eigenvalue weighted by Gasteiger charge is 2.24. The maximum atomic E-state index is 13.2. The summed E-state index contributed by atoms with van der Waals surface area (Å²) in [5.74, 6) is 0.770. The van der Waals surface area contributed by atoms with Gasteiger partial charge in [0.2, 0.25) is 0 Å². The van der Waals surface area contributed by atoms with Crippen molar-refractivity contribution in [2.24, 2.45) is 0 Å². The molecule has 1 aliphatic heterocycles. The summed E-state index contributed by atoms with van der Waals surface area (Å²) < 4.78 is 15.1. The molecule has 0 aliphatic carbocycles. The number of benzene rings is 2. The van der Waals surface area contributed by atoms with Gasteiger partial charge in [0.1, 0.15) is 11.6 Å². The van der Waals surface area contributed by atoms with E-state index in [0.29, 0.717) is 5.02 Å². The van der Waals surface area contributed by atoms with Crippen LogP contribution < -0.4 is 5.32 Å². The van der Waals surface area contributed by atoms with Gasteiger partial charge in [0, 0.05) is 22.7 Å². The Bertz CT molecular complexity index is 884. The van der Waals surface area contributed by atoms with E-state index in [1.807, 2.05) is 29.8 Å². The van der Waals surface area contributed by atoms with E-state index in [1.165, 1.54) is 17.7 Å². The summed E-state index contributed by atoms with van der Waals surface area (Å²) in [6.45, 7) is 2.90. The minimum atomic E-state index is -0.239. The van der Waals surface area contributed by atoms with E-state index in [-0.39, 0.29) is 5.82 Å². The van der Waals surface area contributed by atoms with E-state index >= 15 is 0 Å². The molecular weight excluding hydrogens is 313 g/mol. The molecule has 0 fully saturated rings. The number of fused-ring (bicyclic) bond motifs is 1. The standard InChI is InChI=1S/C18H15ClFN3/c1-11-10-13(19)4-7-16(11)23-18-15(8-9-21-18)17(22-23)12-2-5-14(20)6-3-12/h2-7,10,21H,8-9H2,1H3. The quantitative estimate of drug-likeness (QED) is 0.745. The van der Waals surface area contributed by atoms with E-state index in [2.05, 4.69) is 5.32 Å². The van der Waals surface area contributed by atoms with Gasteiger partial charge in [-0.2, -0.15) is 5.10 Å². The fourth-order valence-electron chi connectivity index (χ4n) is 3.05. The average molecular weight is 328 g/mol. The molecule has 1 N–H and O–H groups in total. The zero-order chi connectivity index (χ0) is 16.0. The maximum Gasteiger partial charge on any atom is 0.133 e. The lowest BCUT2D eigenvalue weighted by Gasteiger charge is -2.09. The van der Waals surface area contributed by atoms with Crippen molar-refractivity contribution in [1.29, 1.82) is 0 Å². The highest BCUT2D eigenvalue weighted by molar-refractivity contribution is 6.30. The van der Waals surface area contributed by atoms with E-state index in [4.69, 9.17) is 16.7 Å². The molecule has 3 aromatic rings. The highest BCUT2D eigenvalue weighted by Crippen LogP contribution is 2.35. The summed E-state index contributed by atoms with van der Waals surface area (Å²) in [6, 6.07) is 12.2. The molecule has 0 radical (unpaired) electrons. The largest absolute Gasteiger partial charge is 0.369 e. The number of hydrogen-bond donors (Lipinski definition) is 1. The highest BCUT2D eigenvalue weighted by atomic mass is 35.5. The first kappa shape index (κ1) is 14.3. The Morgan fingerprint density at radius 2 is 1.96 bits per heavy atom. The fraction of sp³-hybridized carbons (Fsp3) is 0.167. The lowest BCUT2D eigenvalue weighted by Crippen LogP contribution is -2.05. The number of aryl methyl sites for hydroxylation is 1. The van der Waals surface area contributed by atoms with Gasteiger partial charge in [-0.05, 0) is 61.4 Å². The molecule has 0 unspecified atom stereocenters. The molecule has 1 aromatic heterocycles. The molecule has 0 saturated heterocycles. The minimum Gasteiger partial charge on any atom is -0.369 e. The number of anilines is 1. The molecule has 3 nitrogen and oxygen atoms in total. The van der Waals surface area contributed by atoms with E-state index in [9.17, 15) is 4.39 Å². The average Bonchev–Trinajstić information content (AvgIpc) is 3.11. The Balaban J connectivity index is 1.89. The Labute approximate surface area is 138 Å². The summed E-state index contributed by atoms with van der Waals surface area (Å²) in [4.78, 5) is 0. The van der Waals surface area contributed by atoms with Crippen LogP contribution in [0.1, 0.15) is 11.1 Å². The number of aromatic nitrogens is 2. The second kappa shape index (κ2) is 5.39. The SMILES string of the molecule is Cc1cc(Cl)ccc1-n1nc(-c2ccc(F)cc2)c2c1NCC2. The molecule has 5 heteroatoms. The number of rotatable bonds is 2. The molecule has 2 aromatic carbocycles. The molecule has 23 heavy (non-hydrogen) atoms. The molecular formula is C18H15ClFN3. The van der Waals surface area contributed by atoms with Crippen LogP contribution in [0.2, 0.25) is 5.02 Å². The summed E-state index contributed by atoms with van der Waals surface area (Å²) in [5.41, 5.74) is 5.05. The normalized spacial score (nSPS) is 13.0. The molecule has 0 amide bonds. The van der Waals surface area contributed by atoms with Gasteiger partial charge in [0.05, 0.1) is 11.4 Å². The van der Waals surface area contributed by atoms with Crippen LogP contribution in [0.5, 0.6) is 0 Å². The Hall–Kier alpha value is -2.33. The van der Waals surface area contributed by atoms with Crippen LogP contribution in [0.15, 0.2) is 42.5 Å². The van der Waals surface area contributed by atoms with Gasteiger partial charge in [-0.15, -0.1) is 0 Å². The number of hydrogen-bond acceptors (Lipinski definition) is 2. The lowest BCUT2D eigenvalue weighted by atomic mass is 10.1. The summed E-state index contributed by atoms with van der Waals surface area (Å²) >= 11 is 6.06. The van der Waals surface area contributed by atoms with Crippen molar-refractivity contribution >= 4 is 17.4 Å². The molecule has 4 rings (SSSR count). The summed E-state index contributed by atoms with van der Waals surface area (Å²) in [6.07, 6.45) is 0.911. The van der Waals surface area contributed by atoms with Gasteiger partial charge in [-0.25, -0.2) is 9.07 Å². The number of halogens is 2. The first-order valence-corrected chi connectivity index (χ1v) is 7.89. The first-order chi connectivity index (χ1) is 11.1. The van der Waals surface area contributed by atoms with Crippen LogP contribution in [0.4, 0.5) is 10.2 Å². The van der Waals surface area contributed by atoms with E-state index in [0.717, 1.165) is 41.3 Å². The van der Waals surface area contributed by atoms with Gasteiger partial charge in [0.25, 0.3) is 0 Å². The zero-order valence-electron chi connectivity index (χ0n) is 12.6. The third-order valence-corrected chi connectivity index (χ3v) is 4.39. The molecule has 2 heterocycles. The minimum absolute atomic E-state index is 0.239. The first-order valence-electron chi connectivity index (χ1n) is 7.52. The molecule has 0 bridgehead atoms. The van der Waals surface area contributed by atoms with Crippen molar-refractivity contribution in [3.63, 3.8) is 0 Å². The summed E-state index contributed by atoms with van der Waals surface area (Å²) in [7, 11) is 0. The van der Waals surface area contributed by atoms with Crippen LogP contribution in [0.25, 0.3) is 16.9 Å². The van der Waals surface area contributed by atoms with Gasteiger partial charge in [-0.1, -0.05) is 11.6 Å². The van der Waals surface area contributed by atoms with Gasteiger partial charge >= 0.3 is 0 Å². The maximum absolute atomic E-state index is 13.2. The third-order valence-electron chi connectivity index (χ3n) is 4.16. The van der Waals surface area contributed by atoms with Gasteiger partial charge in [-0.3, -0.25) is 0 Å². The molecule has 0 atom stereocenters.